The van der Waals surface area contributed by atoms with Crippen molar-refractivity contribution in [1.82, 2.24) is 9.97 Å². The minimum absolute atomic E-state index is 0.109. The lowest BCUT2D eigenvalue weighted by atomic mass is 9.98. The average Bonchev–Trinajstić information content (AvgIpc) is 2.62. The molecule has 26 heavy (non-hydrogen) atoms. The molecule has 3 rings (SSSR count). The molecule has 0 radical (unpaired) electrons. The highest BCUT2D eigenvalue weighted by Gasteiger charge is 2.32. The SMILES string of the molecule is CC(=O)c1ccccc1-c1cccnc1Oc1ccc(C(F)(F)F)nc1. The molecule has 0 aliphatic carbocycles. The molecule has 0 aliphatic heterocycles. The Labute approximate surface area is 147 Å². The van der Waals surface area contributed by atoms with Crippen molar-refractivity contribution in [2.75, 3.05) is 0 Å². The molecule has 4 nitrogen and oxygen atoms in total. The maximum atomic E-state index is 12.6. The molecule has 0 bridgehead atoms. The molecule has 132 valence electrons. The van der Waals surface area contributed by atoms with E-state index in [0.717, 1.165) is 12.3 Å². The molecule has 0 fully saturated rings. The first-order chi connectivity index (χ1) is 12.4. The second kappa shape index (κ2) is 6.95. The standard InChI is InChI=1S/C19H13F3N2O2/c1-12(25)14-5-2-3-6-15(14)16-7-4-10-23-18(16)26-13-8-9-17(24-11-13)19(20,21)22/h2-11H,1H3. The summed E-state index contributed by atoms with van der Waals surface area (Å²) >= 11 is 0. The molecule has 0 saturated heterocycles. The minimum atomic E-state index is -4.52. The topological polar surface area (TPSA) is 52.1 Å². The molecule has 0 unspecified atom stereocenters. The normalized spacial score (nSPS) is 11.2. The molecule has 0 aliphatic rings. The number of nitrogens with zero attached hydrogens (tertiary/aromatic N) is 2. The number of alkyl halides is 3. The third kappa shape index (κ3) is 3.72. The molecule has 1 aromatic carbocycles. The monoisotopic (exact) mass is 358 g/mol. The molecule has 0 atom stereocenters. The van der Waals surface area contributed by atoms with E-state index in [1.165, 1.54) is 19.2 Å². The highest BCUT2D eigenvalue weighted by Crippen LogP contribution is 2.34. The molecule has 7 heteroatoms. The van der Waals surface area contributed by atoms with Crippen molar-refractivity contribution in [3.63, 3.8) is 0 Å². The molecule has 3 aromatic rings. The van der Waals surface area contributed by atoms with Crippen LogP contribution in [0.15, 0.2) is 60.9 Å². The number of carbonyl (C=O) groups excluding carboxylic acids is 1. The van der Waals surface area contributed by atoms with Crippen LogP contribution in [0.25, 0.3) is 11.1 Å². The molecule has 0 N–H and O–H groups in total. The van der Waals surface area contributed by atoms with Crippen LogP contribution in [0, 0.1) is 0 Å². The van der Waals surface area contributed by atoms with Gasteiger partial charge >= 0.3 is 6.18 Å². The third-order valence-corrected chi connectivity index (χ3v) is 3.61. The van der Waals surface area contributed by atoms with Crippen LogP contribution >= 0.6 is 0 Å². The van der Waals surface area contributed by atoms with Gasteiger partial charge in [-0.1, -0.05) is 24.3 Å². The van der Waals surface area contributed by atoms with Gasteiger partial charge in [-0.15, -0.1) is 0 Å². The maximum absolute atomic E-state index is 12.6. The summed E-state index contributed by atoms with van der Waals surface area (Å²) in [6.07, 6.45) is -2.04. The lowest BCUT2D eigenvalue weighted by Crippen LogP contribution is -2.07. The Morgan fingerprint density at radius 2 is 1.69 bits per heavy atom. The Bertz CT molecular complexity index is 938. The first-order valence-corrected chi connectivity index (χ1v) is 7.62. The van der Waals surface area contributed by atoms with Crippen LogP contribution in [-0.2, 0) is 6.18 Å². The molecular formula is C19H13F3N2O2. The maximum Gasteiger partial charge on any atom is 0.433 e. The van der Waals surface area contributed by atoms with E-state index in [9.17, 15) is 18.0 Å². The minimum Gasteiger partial charge on any atom is -0.437 e. The van der Waals surface area contributed by atoms with Gasteiger partial charge in [0.25, 0.3) is 0 Å². The van der Waals surface area contributed by atoms with Crippen LogP contribution in [0.2, 0.25) is 0 Å². The van der Waals surface area contributed by atoms with E-state index in [1.807, 2.05) is 0 Å². The van der Waals surface area contributed by atoms with Gasteiger partial charge in [0.05, 0.1) is 6.20 Å². The van der Waals surface area contributed by atoms with Crippen molar-refractivity contribution in [2.24, 2.45) is 0 Å². The van der Waals surface area contributed by atoms with Crippen LogP contribution in [0.5, 0.6) is 11.6 Å². The Kier molecular flexibility index (Phi) is 4.71. The number of halogens is 3. The van der Waals surface area contributed by atoms with Crippen LogP contribution in [-0.4, -0.2) is 15.8 Å². The van der Waals surface area contributed by atoms with E-state index < -0.39 is 11.9 Å². The van der Waals surface area contributed by atoms with Crippen LogP contribution in [0.1, 0.15) is 23.0 Å². The smallest absolute Gasteiger partial charge is 0.433 e. The predicted octanol–water partition coefficient (Wildman–Crippen LogP) is 5.16. The van der Waals surface area contributed by atoms with Crippen LogP contribution in [0.3, 0.4) is 0 Å². The summed E-state index contributed by atoms with van der Waals surface area (Å²) in [4.78, 5) is 19.4. The zero-order valence-electron chi connectivity index (χ0n) is 13.6. The molecule has 0 saturated carbocycles. The summed E-state index contributed by atoms with van der Waals surface area (Å²) in [6, 6.07) is 12.4. The van der Waals surface area contributed by atoms with E-state index in [2.05, 4.69) is 9.97 Å². The van der Waals surface area contributed by atoms with E-state index in [1.54, 1.807) is 36.4 Å². The molecule has 2 aromatic heterocycles. The van der Waals surface area contributed by atoms with Crippen molar-refractivity contribution in [2.45, 2.75) is 13.1 Å². The van der Waals surface area contributed by atoms with E-state index in [-0.39, 0.29) is 17.4 Å². The zero-order valence-corrected chi connectivity index (χ0v) is 13.6. The van der Waals surface area contributed by atoms with Gasteiger partial charge in [0.15, 0.2) is 5.78 Å². The van der Waals surface area contributed by atoms with Gasteiger partial charge in [0.1, 0.15) is 11.4 Å². The fourth-order valence-corrected chi connectivity index (χ4v) is 2.42. The second-order valence-electron chi connectivity index (χ2n) is 5.44. The van der Waals surface area contributed by atoms with Crippen molar-refractivity contribution in [1.29, 1.82) is 0 Å². The van der Waals surface area contributed by atoms with E-state index in [4.69, 9.17) is 4.74 Å². The van der Waals surface area contributed by atoms with Crippen molar-refractivity contribution >= 4 is 5.78 Å². The quantitative estimate of drug-likeness (QED) is 0.605. The summed E-state index contributed by atoms with van der Waals surface area (Å²) in [5.41, 5.74) is 0.671. The predicted molar refractivity (Wildman–Crippen MR) is 89.0 cm³/mol. The van der Waals surface area contributed by atoms with E-state index in [0.29, 0.717) is 16.7 Å². The van der Waals surface area contributed by atoms with Crippen molar-refractivity contribution < 1.29 is 22.7 Å². The number of hydrogen-bond acceptors (Lipinski definition) is 4. The van der Waals surface area contributed by atoms with Gasteiger partial charge in [-0.3, -0.25) is 4.79 Å². The van der Waals surface area contributed by atoms with Gasteiger partial charge in [0, 0.05) is 17.3 Å². The lowest BCUT2D eigenvalue weighted by molar-refractivity contribution is -0.141. The van der Waals surface area contributed by atoms with Crippen LogP contribution < -0.4 is 4.74 Å². The van der Waals surface area contributed by atoms with Gasteiger partial charge in [-0.2, -0.15) is 13.2 Å². The second-order valence-corrected chi connectivity index (χ2v) is 5.44. The van der Waals surface area contributed by atoms with Crippen molar-refractivity contribution in [3.05, 3.63) is 72.2 Å². The van der Waals surface area contributed by atoms with Gasteiger partial charge < -0.3 is 4.74 Å². The number of ketones is 1. The number of pyridine rings is 2. The van der Waals surface area contributed by atoms with Crippen molar-refractivity contribution in [3.8, 4) is 22.8 Å². The molecule has 0 amide bonds. The number of Topliss-reactive ketones (excluding diaryl/α,β-unsaturated/α-hetero) is 1. The zero-order chi connectivity index (χ0) is 18.7. The van der Waals surface area contributed by atoms with Crippen LogP contribution in [0.4, 0.5) is 13.2 Å². The summed E-state index contributed by atoms with van der Waals surface area (Å²) in [6.45, 7) is 1.45. The number of carbonyl (C=O) groups is 1. The fourth-order valence-electron chi connectivity index (χ4n) is 2.42. The first kappa shape index (κ1) is 17.6. The number of rotatable bonds is 4. The lowest BCUT2D eigenvalue weighted by Gasteiger charge is -2.12. The van der Waals surface area contributed by atoms with Gasteiger partial charge in [-0.05, 0) is 36.8 Å². The number of aromatic nitrogens is 2. The summed E-state index contributed by atoms with van der Waals surface area (Å²) in [5.74, 6) is 0.160. The fraction of sp³-hybridized carbons (Fsp3) is 0.105. The molecule has 0 spiro atoms. The number of benzene rings is 1. The highest BCUT2D eigenvalue weighted by atomic mass is 19.4. The van der Waals surface area contributed by atoms with Gasteiger partial charge in [0.2, 0.25) is 5.88 Å². The first-order valence-electron chi connectivity index (χ1n) is 7.62. The number of ether oxygens (including phenoxy) is 1. The Balaban J connectivity index is 1.98. The Hall–Kier alpha value is -3.22. The summed E-state index contributed by atoms with van der Waals surface area (Å²) in [5, 5.41) is 0. The Morgan fingerprint density at radius 1 is 0.962 bits per heavy atom. The molecular weight excluding hydrogens is 345 g/mol. The summed E-state index contributed by atoms with van der Waals surface area (Å²) < 4.78 is 43.4. The Morgan fingerprint density at radius 3 is 2.35 bits per heavy atom. The summed E-state index contributed by atoms with van der Waals surface area (Å²) in [7, 11) is 0. The molecule has 2 heterocycles. The number of hydrogen-bond donors (Lipinski definition) is 0. The highest BCUT2D eigenvalue weighted by molar-refractivity contribution is 6.01. The average molecular weight is 358 g/mol. The van der Waals surface area contributed by atoms with E-state index >= 15 is 0 Å². The van der Waals surface area contributed by atoms with Gasteiger partial charge in [-0.25, -0.2) is 9.97 Å². The largest absolute Gasteiger partial charge is 0.437 e. The third-order valence-electron chi connectivity index (χ3n) is 3.61.